The molecule has 1 N–H and O–H groups in total. The van der Waals surface area contributed by atoms with Crippen LogP contribution < -0.4 is 15.7 Å². The zero-order valence-electron chi connectivity index (χ0n) is 18.2. The van der Waals surface area contributed by atoms with Crippen LogP contribution in [0.1, 0.15) is 32.4 Å². The number of rotatable bonds is 6. The number of carbonyl (C=O) groups is 1. The van der Waals surface area contributed by atoms with Crippen LogP contribution in [0.15, 0.2) is 91.0 Å². The summed E-state index contributed by atoms with van der Waals surface area (Å²) >= 11 is 0. The number of nitrogens with one attached hydrogen (secondary N) is 1. The van der Waals surface area contributed by atoms with Crippen molar-refractivity contribution in [2.45, 2.75) is 38.0 Å². The first-order valence-electron chi connectivity index (χ1n) is 10.7. The Morgan fingerprint density at radius 2 is 1.32 bits per heavy atom. The molecular weight excluding hydrogens is 402 g/mol. The molecule has 4 nitrogen and oxygen atoms in total. The van der Waals surface area contributed by atoms with Crippen LogP contribution in [-0.4, -0.2) is 27.1 Å². The van der Waals surface area contributed by atoms with Gasteiger partial charge in [0.1, 0.15) is 0 Å². The maximum atomic E-state index is 12.1. The SMILES string of the molecule is CC(C)(C)[Si](OCC1NC(=O)OC1c1ccccc1)(c1ccccc1)c1ccccc1. The fourth-order valence-corrected chi connectivity index (χ4v) is 9.09. The highest BCUT2D eigenvalue weighted by Crippen LogP contribution is 2.37. The summed E-state index contributed by atoms with van der Waals surface area (Å²) in [6.45, 7) is 7.12. The van der Waals surface area contributed by atoms with Crippen LogP contribution in [0.5, 0.6) is 0 Å². The largest absolute Gasteiger partial charge is 0.439 e. The van der Waals surface area contributed by atoms with Crippen molar-refractivity contribution in [3.8, 4) is 0 Å². The quantitative estimate of drug-likeness (QED) is 0.588. The fourth-order valence-electron chi connectivity index (χ4n) is 4.51. The van der Waals surface area contributed by atoms with E-state index in [9.17, 15) is 4.79 Å². The topological polar surface area (TPSA) is 47.6 Å². The number of alkyl carbamates (subject to hydrolysis) is 1. The van der Waals surface area contributed by atoms with E-state index >= 15 is 0 Å². The molecule has 1 saturated heterocycles. The van der Waals surface area contributed by atoms with E-state index in [1.807, 2.05) is 42.5 Å². The monoisotopic (exact) mass is 431 g/mol. The van der Waals surface area contributed by atoms with E-state index < -0.39 is 14.4 Å². The van der Waals surface area contributed by atoms with Crippen LogP contribution >= 0.6 is 0 Å². The summed E-state index contributed by atoms with van der Waals surface area (Å²) in [4.78, 5) is 12.1. The Kier molecular flexibility index (Phi) is 5.98. The van der Waals surface area contributed by atoms with Gasteiger partial charge in [-0.2, -0.15) is 0 Å². The van der Waals surface area contributed by atoms with Crippen LogP contribution in [-0.2, 0) is 9.16 Å². The minimum Gasteiger partial charge on any atom is -0.439 e. The van der Waals surface area contributed by atoms with E-state index in [-0.39, 0.29) is 17.2 Å². The molecule has 0 aliphatic carbocycles. The van der Waals surface area contributed by atoms with Gasteiger partial charge in [0.15, 0.2) is 6.10 Å². The predicted molar refractivity (Wildman–Crippen MR) is 126 cm³/mol. The first kappa shape index (κ1) is 21.3. The lowest BCUT2D eigenvalue weighted by atomic mass is 10.0. The molecule has 2 unspecified atom stereocenters. The fraction of sp³-hybridized carbons (Fsp3) is 0.269. The minimum absolute atomic E-state index is 0.124. The number of hydrogen-bond donors (Lipinski definition) is 1. The zero-order chi connectivity index (χ0) is 21.9. The van der Waals surface area contributed by atoms with E-state index in [2.05, 4.69) is 74.6 Å². The zero-order valence-corrected chi connectivity index (χ0v) is 19.2. The molecule has 1 amide bonds. The van der Waals surface area contributed by atoms with Crippen LogP contribution in [0.3, 0.4) is 0 Å². The molecule has 1 heterocycles. The van der Waals surface area contributed by atoms with Gasteiger partial charge in [0.05, 0.1) is 12.6 Å². The summed E-state index contributed by atoms with van der Waals surface area (Å²) < 4.78 is 12.6. The molecule has 1 fully saturated rings. The second-order valence-corrected chi connectivity index (χ2v) is 13.3. The average Bonchev–Trinajstić information content (AvgIpc) is 3.16. The number of amides is 1. The first-order chi connectivity index (χ1) is 14.9. The molecule has 1 aliphatic rings. The van der Waals surface area contributed by atoms with Gasteiger partial charge in [0, 0.05) is 0 Å². The molecule has 0 radical (unpaired) electrons. The van der Waals surface area contributed by atoms with Gasteiger partial charge in [-0.1, -0.05) is 112 Å². The van der Waals surface area contributed by atoms with Crippen molar-refractivity contribution in [3.63, 3.8) is 0 Å². The van der Waals surface area contributed by atoms with Gasteiger partial charge in [-0.05, 0) is 21.0 Å². The van der Waals surface area contributed by atoms with E-state index in [1.54, 1.807) is 0 Å². The van der Waals surface area contributed by atoms with Crippen LogP contribution in [0.25, 0.3) is 0 Å². The Hall–Kier alpha value is -2.89. The number of benzene rings is 3. The van der Waals surface area contributed by atoms with Gasteiger partial charge in [-0.3, -0.25) is 0 Å². The lowest BCUT2D eigenvalue weighted by Gasteiger charge is -2.43. The second kappa shape index (κ2) is 8.69. The lowest BCUT2D eigenvalue weighted by Crippen LogP contribution is -2.67. The number of hydrogen-bond acceptors (Lipinski definition) is 3. The van der Waals surface area contributed by atoms with Crippen LogP contribution in [0, 0.1) is 0 Å². The van der Waals surface area contributed by atoms with Crippen molar-refractivity contribution in [3.05, 3.63) is 96.6 Å². The Morgan fingerprint density at radius 1 is 0.839 bits per heavy atom. The molecule has 3 aromatic carbocycles. The molecular formula is C26H29NO3Si. The third-order valence-corrected chi connectivity index (χ3v) is 10.9. The van der Waals surface area contributed by atoms with Gasteiger partial charge in [0.2, 0.25) is 0 Å². The van der Waals surface area contributed by atoms with Gasteiger partial charge in [-0.25, -0.2) is 4.79 Å². The Bertz CT molecular complexity index is 964. The summed E-state index contributed by atoms with van der Waals surface area (Å²) in [7, 11) is -2.68. The summed E-state index contributed by atoms with van der Waals surface area (Å²) in [6.07, 6.45) is -0.767. The first-order valence-corrected chi connectivity index (χ1v) is 12.6. The highest BCUT2D eigenvalue weighted by molar-refractivity contribution is 6.99. The molecule has 160 valence electrons. The van der Waals surface area contributed by atoms with Gasteiger partial charge < -0.3 is 14.5 Å². The smallest absolute Gasteiger partial charge is 0.408 e. The molecule has 0 aromatic heterocycles. The number of cyclic esters (lactones) is 1. The molecule has 5 heteroatoms. The molecule has 2 atom stereocenters. The third-order valence-electron chi connectivity index (χ3n) is 5.93. The van der Waals surface area contributed by atoms with Crippen molar-refractivity contribution in [1.82, 2.24) is 5.32 Å². The van der Waals surface area contributed by atoms with Gasteiger partial charge >= 0.3 is 6.09 Å². The molecule has 0 bridgehead atoms. The normalized spacial score (nSPS) is 19.0. The van der Waals surface area contributed by atoms with Crippen LogP contribution in [0.4, 0.5) is 4.79 Å². The Morgan fingerprint density at radius 3 is 1.81 bits per heavy atom. The van der Waals surface area contributed by atoms with Crippen molar-refractivity contribution < 1.29 is 14.0 Å². The molecule has 0 spiro atoms. The van der Waals surface area contributed by atoms with E-state index in [0.717, 1.165) is 5.56 Å². The van der Waals surface area contributed by atoms with E-state index in [4.69, 9.17) is 9.16 Å². The highest BCUT2D eigenvalue weighted by atomic mass is 28.4. The second-order valence-electron chi connectivity index (χ2n) is 8.96. The Labute approximate surface area is 185 Å². The molecule has 4 rings (SSSR count). The third kappa shape index (κ3) is 4.16. The molecule has 0 saturated carbocycles. The predicted octanol–water partition coefficient (Wildman–Crippen LogP) is 4.41. The van der Waals surface area contributed by atoms with Gasteiger partial charge in [-0.15, -0.1) is 0 Å². The molecule has 3 aromatic rings. The summed E-state index contributed by atoms with van der Waals surface area (Å²) in [5.74, 6) is 0. The molecule has 1 aliphatic heterocycles. The number of carbonyl (C=O) groups excluding carboxylic acids is 1. The van der Waals surface area contributed by atoms with Gasteiger partial charge in [0.25, 0.3) is 8.32 Å². The summed E-state index contributed by atoms with van der Waals surface area (Å²) in [5, 5.41) is 5.28. The highest BCUT2D eigenvalue weighted by Gasteiger charge is 2.51. The summed E-state index contributed by atoms with van der Waals surface area (Å²) in [5.41, 5.74) is 0.969. The standard InChI is InChI=1S/C26H29NO3Si/c1-26(2,3)31(21-15-9-5-10-16-21,22-17-11-6-12-18-22)29-19-23-24(30-25(28)27-23)20-13-7-4-8-14-20/h4-18,23-24H,19H2,1-3H3,(H,27,28). The van der Waals surface area contributed by atoms with Crippen molar-refractivity contribution in [2.24, 2.45) is 0 Å². The maximum Gasteiger partial charge on any atom is 0.408 e. The lowest BCUT2D eigenvalue weighted by molar-refractivity contribution is 0.121. The van der Waals surface area contributed by atoms with E-state index in [1.165, 1.54) is 10.4 Å². The van der Waals surface area contributed by atoms with Crippen molar-refractivity contribution in [1.29, 1.82) is 0 Å². The number of ether oxygens (including phenoxy) is 1. The Balaban J connectivity index is 1.72. The molecule has 31 heavy (non-hydrogen) atoms. The van der Waals surface area contributed by atoms with Crippen molar-refractivity contribution in [2.75, 3.05) is 6.61 Å². The summed E-state index contributed by atoms with van der Waals surface area (Å²) in [6, 6.07) is 30.6. The maximum absolute atomic E-state index is 12.1. The minimum atomic E-state index is -2.68. The van der Waals surface area contributed by atoms with Crippen molar-refractivity contribution >= 4 is 24.8 Å². The van der Waals surface area contributed by atoms with Crippen LogP contribution in [0.2, 0.25) is 5.04 Å². The van der Waals surface area contributed by atoms with E-state index in [0.29, 0.717) is 6.61 Å². The average molecular weight is 432 g/mol.